The Kier molecular flexibility index (Phi) is 5.76. The van der Waals surface area contributed by atoms with Gasteiger partial charge < -0.3 is 20.1 Å². The first-order valence-electron chi connectivity index (χ1n) is 8.73. The fourth-order valence-electron chi connectivity index (χ4n) is 2.97. The van der Waals surface area contributed by atoms with E-state index in [1.807, 2.05) is 17.8 Å². The molecule has 2 aliphatic heterocycles. The van der Waals surface area contributed by atoms with Gasteiger partial charge in [0.25, 0.3) is 0 Å². The van der Waals surface area contributed by atoms with E-state index < -0.39 is 0 Å². The fraction of sp³-hybridized carbons (Fsp3) is 0.611. The maximum atomic E-state index is 5.43. The molecule has 6 heteroatoms. The van der Waals surface area contributed by atoms with Gasteiger partial charge in [0.2, 0.25) is 6.79 Å². The molecular formula is C18H27N3O2S. The average molecular weight is 350 g/mol. The van der Waals surface area contributed by atoms with Gasteiger partial charge >= 0.3 is 0 Å². The molecule has 2 heterocycles. The van der Waals surface area contributed by atoms with Gasteiger partial charge in [-0.25, -0.2) is 0 Å². The topological polar surface area (TPSA) is 54.9 Å². The number of ether oxygens (including phenoxy) is 2. The highest BCUT2D eigenvalue weighted by molar-refractivity contribution is 8.00. The average Bonchev–Trinajstić information content (AvgIpc) is 3.21. The third-order valence-electron chi connectivity index (χ3n) is 4.36. The number of rotatable bonds is 6. The van der Waals surface area contributed by atoms with Crippen molar-refractivity contribution < 1.29 is 9.47 Å². The van der Waals surface area contributed by atoms with Crippen molar-refractivity contribution in [2.45, 2.75) is 37.9 Å². The van der Waals surface area contributed by atoms with Crippen LogP contribution in [0.25, 0.3) is 0 Å². The quantitative estimate of drug-likeness (QED) is 0.611. The van der Waals surface area contributed by atoms with Crippen LogP contribution in [0.3, 0.4) is 0 Å². The van der Waals surface area contributed by atoms with Gasteiger partial charge in [-0.2, -0.15) is 11.8 Å². The van der Waals surface area contributed by atoms with Gasteiger partial charge in [-0.1, -0.05) is 6.07 Å². The minimum absolute atomic E-state index is 0.305. The molecule has 132 valence electrons. The van der Waals surface area contributed by atoms with Crippen molar-refractivity contribution >= 4 is 17.7 Å². The molecule has 5 nitrogen and oxygen atoms in total. The summed E-state index contributed by atoms with van der Waals surface area (Å²) in [6, 6.07) is 6.13. The van der Waals surface area contributed by atoms with Gasteiger partial charge in [-0.3, -0.25) is 4.99 Å². The van der Waals surface area contributed by atoms with E-state index in [9.17, 15) is 0 Å². The first-order chi connectivity index (χ1) is 11.7. The molecule has 1 aromatic carbocycles. The molecule has 0 aliphatic carbocycles. The molecule has 0 radical (unpaired) electrons. The minimum Gasteiger partial charge on any atom is -0.454 e. The van der Waals surface area contributed by atoms with Crippen molar-refractivity contribution in [3.05, 3.63) is 23.8 Å². The molecule has 0 bridgehead atoms. The van der Waals surface area contributed by atoms with E-state index in [2.05, 4.69) is 36.6 Å². The molecule has 2 aliphatic rings. The number of thioether (sulfide) groups is 1. The standard InChI is InChI=1S/C18H27N3O2S/c1-3-19-17(21-12-18(2)8-4-10-24-18)20-9-7-14-5-6-15-16(11-14)23-13-22-15/h5-6,11H,3-4,7-10,12-13H2,1-2H3,(H2,19,20,21). The molecule has 1 aromatic rings. The third-order valence-corrected chi connectivity index (χ3v) is 5.88. The molecule has 24 heavy (non-hydrogen) atoms. The second kappa shape index (κ2) is 8.01. The number of hydrogen-bond acceptors (Lipinski definition) is 4. The van der Waals surface area contributed by atoms with Crippen molar-refractivity contribution in [2.24, 2.45) is 4.99 Å². The Bertz CT molecular complexity index is 586. The van der Waals surface area contributed by atoms with Gasteiger partial charge in [0.1, 0.15) is 0 Å². The Morgan fingerprint density at radius 1 is 1.29 bits per heavy atom. The van der Waals surface area contributed by atoms with Crippen molar-refractivity contribution in [1.29, 1.82) is 0 Å². The maximum Gasteiger partial charge on any atom is 0.231 e. The van der Waals surface area contributed by atoms with Crippen LogP contribution >= 0.6 is 11.8 Å². The summed E-state index contributed by atoms with van der Waals surface area (Å²) in [5.41, 5.74) is 1.24. The summed E-state index contributed by atoms with van der Waals surface area (Å²) in [5, 5.41) is 6.77. The monoisotopic (exact) mass is 349 g/mol. The van der Waals surface area contributed by atoms with E-state index in [-0.39, 0.29) is 0 Å². The van der Waals surface area contributed by atoms with Crippen LogP contribution in [0.4, 0.5) is 0 Å². The second-order valence-corrected chi connectivity index (χ2v) is 8.14. The molecule has 3 rings (SSSR count). The molecular weight excluding hydrogens is 322 g/mol. The van der Waals surface area contributed by atoms with E-state index in [4.69, 9.17) is 14.5 Å². The van der Waals surface area contributed by atoms with E-state index in [1.165, 1.54) is 24.2 Å². The van der Waals surface area contributed by atoms with Crippen molar-refractivity contribution in [3.63, 3.8) is 0 Å². The van der Waals surface area contributed by atoms with Gasteiger partial charge in [-0.15, -0.1) is 0 Å². The summed E-state index contributed by atoms with van der Waals surface area (Å²) in [7, 11) is 0. The molecule has 1 atom stereocenters. The first-order valence-corrected chi connectivity index (χ1v) is 9.72. The Morgan fingerprint density at radius 2 is 2.17 bits per heavy atom. The van der Waals surface area contributed by atoms with E-state index in [0.717, 1.165) is 43.5 Å². The first kappa shape index (κ1) is 17.3. The molecule has 2 N–H and O–H groups in total. The molecule has 0 spiro atoms. The number of benzene rings is 1. The summed E-state index contributed by atoms with van der Waals surface area (Å²) in [6.07, 6.45) is 3.50. The molecule has 1 fully saturated rings. The highest BCUT2D eigenvalue weighted by atomic mass is 32.2. The van der Waals surface area contributed by atoms with Crippen LogP contribution in [0.1, 0.15) is 32.3 Å². The Morgan fingerprint density at radius 3 is 2.96 bits per heavy atom. The van der Waals surface area contributed by atoms with Crippen LogP contribution in [-0.2, 0) is 6.42 Å². The molecule has 1 saturated heterocycles. The summed E-state index contributed by atoms with van der Waals surface area (Å²) >= 11 is 2.05. The highest BCUT2D eigenvalue weighted by Gasteiger charge is 2.29. The minimum atomic E-state index is 0.305. The summed E-state index contributed by atoms with van der Waals surface area (Å²) < 4.78 is 11.1. The number of fused-ring (bicyclic) bond motifs is 1. The van der Waals surface area contributed by atoms with Gasteiger partial charge in [-0.05, 0) is 56.6 Å². The number of nitrogens with one attached hydrogen (secondary N) is 2. The smallest absolute Gasteiger partial charge is 0.231 e. The Balaban J connectivity index is 1.50. The number of guanidine groups is 1. The highest BCUT2D eigenvalue weighted by Crippen LogP contribution is 2.37. The van der Waals surface area contributed by atoms with Crippen LogP contribution in [0.5, 0.6) is 11.5 Å². The second-order valence-electron chi connectivity index (χ2n) is 6.46. The summed E-state index contributed by atoms with van der Waals surface area (Å²) in [5.74, 6) is 3.86. The van der Waals surface area contributed by atoms with E-state index in [0.29, 0.717) is 11.5 Å². The summed E-state index contributed by atoms with van der Waals surface area (Å²) in [6.45, 7) is 7.34. The van der Waals surface area contributed by atoms with Gasteiger partial charge in [0, 0.05) is 17.8 Å². The van der Waals surface area contributed by atoms with Crippen molar-refractivity contribution in [3.8, 4) is 11.5 Å². The van der Waals surface area contributed by atoms with Crippen molar-refractivity contribution in [1.82, 2.24) is 10.6 Å². The van der Waals surface area contributed by atoms with Gasteiger partial charge in [0.05, 0.1) is 6.54 Å². The lowest BCUT2D eigenvalue weighted by molar-refractivity contribution is 0.174. The van der Waals surface area contributed by atoms with Crippen LogP contribution in [0.2, 0.25) is 0 Å². The number of aliphatic imine (C=N–C) groups is 1. The zero-order chi connectivity index (χ0) is 16.8. The molecule has 0 amide bonds. The predicted molar refractivity (Wildman–Crippen MR) is 100 cm³/mol. The lowest BCUT2D eigenvalue weighted by Gasteiger charge is -2.21. The predicted octanol–water partition coefficient (Wildman–Crippen LogP) is 2.80. The lowest BCUT2D eigenvalue weighted by atomic mass is 10.1. The van der Waals surface area contributed by atoms with Crippen LogP contribution in [-0.4, -0.2) is 42.9 Å². The van der Waals surface area contributed by atoms with Crippen LogP contribution in [0.15, 0.2) is 23.2 Å². The van der Waals surface area contributed by atoms with Crippen molar-refractivity contribution in [2.75, 3.05) is 32.2 Å². The maximum absolute atomic E-state index is 5.43. The number of nitrogens with zero attached hydrogens (tertiary/aromatic N) is 1. The van der Waals surface area contributed by atoms with Crippen LogP contribution in [0, 0.1) is 0 Å². The van der Waals surface area contributed by atoms with Gasteiger partial charge in [0.15, 0.2) is 17.5 Å². The van der Waals surface area contributed by atoms with E-state index >= 15 is 0 Å². The lowest BCUT2D eigenvalue weighted by Crippen LogP contribution is -2.39. The fourth-order valence-corrected chi connectivity index (χ4v) is 4.20. The normalized spacial score (nSPS) is 22.7. The van der Waals surface area contributed by atoms with E-state index in [1.54, 1.807) is 0 Å². The van der Waals surface area contributed by atoms with Crippen LogP contribution < -0.4 is 20.1 Å². The Labute approximate surface area is 148 Å². The Hall–Kier alpha value is -1.56. The largest absolute Gasteiger partial charge is 0.454 e. The third kappa shape index (κ3) is 4.50. The number of hydrogen-bond donors (Lipinski definition) is 2. The zero-order valence-corrected chi connectivity index (χ0v) is 15.4. The zero-order valence-electron chi connectivity index (χ0n) is 14.6. The molecule has 0 aromatic heterocycles. The summed E-state index contributed by atoms with van der Waals surface area (Å²) in [4.78, 5) is 4.79. The molecule has 0 saturated carbocycles. The molecule has 1 unspecified atom stereocenters. The SMILES string of the molecule is CCNC(=NCC1(C)CCCS1)NCCc1ccc2c(c1)OCO2.